The Morgan fingerprint density at radius 1 is 1.43 bits per heavy atom. The smallest absolute Gasteiger partial charge is 0.266 e. The first kappa shape index (κ1) is 15.2. The van der Waals surface area contributed by atoms with Gasteiger partial charge in [0.05, 0.1) is 5.69 Å². The Balaban J connectivity index is 2.02. The minimum Gasteiger partial charge on any atom is -0.397 e. The fourth-order valence-electron chi connectivity index (χ4n) is 2.64. The van der Waals surface area contributed by atoms with Gasteiger partial charge in [-0.2, -0.15) is 11.8 Å². The molecule has 1 fully saturated rings. The van der Waals surface area contributed by atoms with E-state index >= 15 is 0 Å². The summed E-state index contributed by atoms with van der Waals surface area (Å²) in [5.41, 5.74) is 6.86. The predicted octanol–water partition coefficient (Wildman–Crippen LogP) is 4.21. The molecule has 6 heteroatoms. The van der Waals surface area contributed by atoms with Gasteiger partial charge in [0.2, 0.25) is 0 Å². The number of rotatable bonds is 1. The van der Waals surface area contributed by atoms with Gasteiger partial charge in [0.25, 0.3) is 5.91 Å². The van der Waals surface area contributed by atoms with Crippen molar-refractivity contribution < 1.29 is 4.79 Å². The molecule has 2 heterocycles. The van der Waals surface area contributed by atoms with Crippen LogP contribution in [0.5, 0.6) is 0 Å². The van der Waals surface area contributed by atoms with Crippen LogP contribution in [-0.2, 0) is 0 Å². The lowest BCUT2D eigenvalue weighted by Gasteiger charge is -2.37. The van der Waals surface area contributed by atoms with E-state index in [1.54, 1.807) is 0 Å². The molecule has 0 radical (unpaired) electrons. The largest absolute Gasteiger partial charge is 0.397 e. The van der Waals surface area contributed by atoms with Crippen molar-refractivity contribution in [3.8, 4) is 0 Å². The number of nitrogens with zero attached hydrogens (tertiary/aromatic N) is 1. The van der Waals surface area contributed by atoms with Crippen molar-refractivity contribution in [1.82, 2.24) is 4.90 Å². The van der Waals surface area contributed by atoms with E-state index in [-0.39, 0.29) is 11.9 Å². The second-order valence-corrected chi connectivity index (χ2v) is 8.66. The van der Waals surface area contributed by atoms with Crippen LogP contribution in [0.15, 0.2) is 22.7 Å². The standard InChI is InChI=1S/C15H17BrN2OS2/c1-8-9(2)20-7-6-18(8)15(19)14-13(17)12-10(16)4-3-5-11(12)21-14/h3-5,8-9H,6-7,17H2,1-2H3. The van der Waals surface area contributed by atoms with Gasteiger partial charge in [0.15, 0.2) is 0 Å². The van der Waals surface area contributed by atoms with Crippen LogP contribution in [0.2, 0.25) is 0 Å². The number of fused-ring (bicyclic) bond motifs is 1. The minimum absolute atomic E-state index is 0.0697. The van der Waals surface area contributed by atoms with E-state index in [4.69, 9.17) is 5.73 Å². The fourth-order valence-corrected chi connectivity index (χ4v) is 5.55. The molecule has 112 valence electrons. The van der Waals surface area contributed by atoms with E-state index in [9.17, 15) is 4.79 Å². The number of nitrogens with two attached hydrogens (primary N) is 1. The number of amides is 1. The lowest BCUT2D eigenvalue weighted by Crippen LogP contribution is -2.47. The zero-order valence-electron chi connectivity index (χ0n) is 11.9. The topological polar surface area (TPSA) is 46.3 Å². The summed E-state index contributed by atoms with van der Waals surface area (Å²) in [6, 6.07) is 6.18. The Hall–Kier alpha value is -0.720. The van der Waals surface area contributed by atoms with E-state index in [0.717, 1.165) is 26.9 Å². The molecule has 1 aliphatic rings. The van der Waals surface area contributed by atoms with Crippen LogP contribution in [0.25, 0.3) is 10.1 Å². The Kier molecular flexibility index (Phi) is 4.21. The molecular weight excluding hydrogens is 368 g/mol. The van der Waals surface area contributed by atoms with Crippen molar-refractivity contribution in [2.24, 2.45) is 0 Å². The Morgan fingerprint density at radius 2 is 2.19 bits per heavy atom. The molecule has 2 N–H and O–H groups in total. The van der Waals surface area contributed by atoms with Gasteiger partial charge >= 0.3 is 0 Å². The molecule has 0 aliphatic carbocycles. The van der Waals surface area contributed by atoms with Crippen molar-refractivity contribution in [2.45, 2.75) is 25.1 Å². The number of carbonyl (C=O) groups excluding carboxylic acids is 1. The van der Waals surface area contributed by atoms with Gasteiger partial charge in [-0.25, -0.2) is 0 Å². The summed E-state index contributed by atoms with van der Waals surface area (Å²) in [4.78, 5) is 15.5. The van der Waals surface area contributed by atoms with Crippen molar-refractivity contribution in [1.29, 1.82) is 0 Å². The third-order valence-corrected chi connectivity index (χ3v) is 7.20. The summed E-state index contributed by atoms with van der Waals surface area (Å²) in [5.74, 6) is 1.06. The van der Waals surface area contributed by atoms with Gasteiger partial charge in [-0.15, -0.1) is 11.3 Å². The molecule has 1 aromatic heterocycles. The third kappa shape index (κ3) is 2.58. The minimum atomic E-state index is 0.0697. The summed E-state index contributed by atoms with van der Waals surface area (Å²) in [7, 11) is 0. The highest BCUT2D eigenvalue weighted by atomic mass is 79.9. The van der Waals surface area contributed by atoms with Crippen LogP contribution < -0.4 is 5.73 Å². The zero-order valence-corrected chi connectivity index (χ0v) is 15.1. The van der Waals surface area contributed by atoms with Crippen molar-refractivity contribution in [3.05, 3.63) is 27.5 Å². The molecule has 21 heavy (non-hydrogen) atoms. The molecule has 0 spiro atoms. The molecule has 2 aromatic rings. The van der Waals surface area contributed by atoms with Gasteiger partial charge < -0.3 is 10.6 Å². The molecule has 1 amide bonds. The Morgan fingerprint density at radius 3 is 2.90 bits per heavy atom. The second-order valence-electron chi connectivity index (χ2n) is 5.27. The van der Waals surface area contributed by atoms with Crippen LogP contribution in [-0.4, -0.2) is 34.4 Å². The number of anilines is 1. The fraction of sp³-hybridized carbons (Fsp3) is 0.400. The van der Waals surface area contributed by atoms with Gasteiger partial charge in [-0.1, -0.05) is 28.9 Å². The quantitative estimate of drug-likeness (QED) is 0.800. The first-order chi connectivity index (χ1) is 10.0. The third-order valence-electron chi connectivity index (χ3n) is 4.04. The van der Waals surface area contributed by atoms with Crippen LogP contribution in [0, 0.1) is 0 Å². The molecule has 1 saturated heterocycles. The van der Waals surface area contributed by atoms with Gasteiger partial charge in [-0.05, 0) is 19.1 Å². The molecule has 2 atom stereocenters. The molecule has 2 unspecified atom stereocenters. The average molecular weight is 385 g/mol. The van der Waals surface area contributed by atoms with E-state index < -0.39 is 0 Å². The molecule has 3 rings (SSSR count). The monoisotopic (exact) mass is 384 g/mol. The first-order valence-corrected chi connectivity index (χ1v) is 9.55. The second kappa shape index (κ2) is 5.82. The van der Waals surface area contributed by atoms with E-state index in [2.05, 4.69) is 29.8 Å². The van der Waals surface area contributed by atoms with E-state index in [0.29, 0.717) is 15.8 Å². The molecule has 1 aromatic carbocycles. The Bertz CT molecular complexity index is 700. The van der Waals surface area contributed by atoms with Crippen LogP contribution in [0.3, 0.4) is 0 Å². The SMILES string of the molecule is CC1SCCN(C(=O)c2sc3cccc(Br)c3c2N)C1C. The van der Waals surface area contributed by atoms with Crippen LogP contribution >= 0.6 is 39.0 Å². The van der Waals surface area contributed by atoms with E-state index in [1.165, 1.54) is 11.3 Å². The molecule has 1 aliphatic heterocycles. The molecule has 0 bridgehead atoms. The van der Waals surface area contributed by atoms with Crippen molar-refractivity contribution in [3.63, 3.8) is 0 Å². The zero-order chi connectivity index (χ0) is 15.1. The lowest BCUT2D eigenvalue weighted by atomic mass is 10.1. The summed E-state index contributed by atoms with van der Waals surface area (Å²) < 4.78 is 2.00. The van der Waals surface area contributed by atoms with Gasteiger partial charge in [-0.3, -0.25) is 4.79 Å². The number of nitrogen functional groups attached to an aromatic ring is 1. The highest BCUT2D eigenvalue weighted by Gasteiger charge is 2.31. The summed E-state index contributed by atoms with van der Waals surface area (Å²) >= 11 is 6.94. The normalized spacial score (nSPS) is 22.7. The number of thiophene rings is 1. The van der Waals surface area contributed by atoms with Gasteiger partial charge in [0.1, 0.15) is 4.88 Å². The van der Waals surface area contributed by atoms with Crippen LogP contribution in [0.4, 0.5) is 5.69 Å². The number of hydrogen-bond acceptors (Lipinski definition) is 4. The Labute approximate surface area is 141 Å². The summed E-state index contributed by atoms with van der Waals surface area (Å²) in [6.07, 6.45) is 0. The number of carbonyl (C=O) groups is 1. The number of thioether (sulfide) groups is 1. The maximum atomic E-state index is 12.9. The van der Waals surface area contributed by atoms with Crippen molar-refractivity contribution in [2.75, 3.05) is 18.0 Å². The number of halogens is 1. The van der Waals surface area contributed by atoms with Crippen LogP contribution in [0.1, 0.15) is 23.5 Å². The highest BCUT2D eigenvalue weighted by Crippen LogP contribution is 2.39. The first-order valence-electron chi connectivity index (χ1n) is 6.89. The summed E-state index contributed by atoms with van der Waals surface area (Å²) in [6.45, 7) is 5.09. The predicted molar refractivity (Wildman–Crippen MR) is 96.4 cm³/mol. The average Bonchev–Trinajstić information content (AvgIpc) is 2.80. The van der Waals surface area contributed by atoms with Crippen molar-refractivity contribution >= 4 is 60.7 Å². The van der Waals surface area contributed by atoms with Gasteiger partial charge in [0, 0.05) is 38.1 Å². The summed E-state index contributed by atoms with van der Waals surface area (Å²) in [5, 5.41) is 1.42. The molecular formula is C15H17BrN2OS2. The number of hydrogen-bond donors (Lipinski definition) is 1. The lowest BCUT2D eigenvalue weighted by molar-refractivity contribution is 0.0704. The number of benzene rings is 1. The molecule has 0 saturated carbocycles. The molecule has 3 nitrogen and oxygen atoms in total. The van der Waals surface area contributed by atoms with E-state index in [1.807, 2.05) is 34.9 Å². The maximum absolute atomic E-state index is 12.9. The maximum Gasteiger partial charge on any atom is 0.266 e. The highest BCUT2D eigenvalue weighted by molar-refractivity contribution is 9.10.